The molecule has 1 aliphatic carbocycles. The second kappa shape index (κ2) is 2.96. The standard InChI is InChI=1S/C14H10O4/c15-13(16)14(3-4-14)11-9-2-6-17-10(9)7-8-1-5-18-12(8)11/h1-2,5-7H,3-4H2,(H,15,16). The van der Waals surface area contributed by atoms with Gasteiger partial charge < -0.3 is 13.9 Å². The minimum Gasteiger partial charge on any atom is -0.481 e. The molecule has 18 heavy (non-hydrogen) atoms. The van der Waals surface area contributed by atoms with Crippen molar-refractivity contribution in [3.8, 4) is 0 Å². The first-order valence-electron chi connectivity index (χ1n) is 5.84. The van der Waals surface area contributed by atoms with Gasteiger partial charge in [0.2, 0.25) is 0 Å². The molecule has 4 rings (SSSR count). The van der Waals surface area contributed by atoms with E-state index >= 15 is 0 Å². The van der Waals surface area contributed by atoms with Crippen molar-refractivity contribution in [2.24, 2.45) is 0 Å². The van der Waals surface area contributed by atoms with Crippen LogP contribution in [-0.4, -0.2) is 11.1 Å². The zero-order valence-electron chi connectivity index (χ0n) is 9.47. The SMILES string of the molecule is O=C(O)C1(c2c3ccoc3cc3ccoc23)CC1. The fourth-order valence-electron chi connectivity index (χ4n) is 2.71. The Balaban J connectivity index is 2.20. The average Bonchev–Trinajstić information content (AvgIpc) is 2.81. The van der Waals surface area contributed by atoms with Gasteiger partial charge >= 0.3 is 5.97 Å². The van der Waals surface area contributed by atoms with Crippen LogP contribution in [0.2, 0.25) is 0 Å². The number of hydrogen-bond donors (Lipinski definition) is 1. The highest BCUT2D eigenvalue weighted by molar-refractivity contribution is 6.04. The largest absolute Gasteiger partial charge is 0.481 e. The molecule has 2 heterocycles. The topological polar surface area (TPSA) is 63.6 Å². The Labute approximate surface area is 102 Å². The Morgan fingerprint density at radius 2 is 2.00 bits per heavy atom. The molecule has 1 aliphatic rings. The molecule has 1 fully saturated rings. The highest BCUT2D eigenvalue weighted by Gasteiger charge is 2.54. The Bertz CT molecular complexity index is 725. The van der Waals surface area contributed by atoms with Gasteiger partial charge in [0.25, 0.3) is 0 Å². The molecule has 90 valence electrons. The summed E-state index contributed by atoms with van der Waals surface area (Å²) < 4.78 is 10.9. The molecule has 1 saturated carbocycles. The third kappa shape index (κ3) is 1.03. The monoisotopic (exact) mass is 242 g/mol. The van der Waals surface area contributed by atoms with Gasteiger partial charge in [0.15, 0.2) is 0 Å². The van der Waals surface area contributed by atoms with Gasteiger partial charge in [0, 0.05) is 16.3 Å². The number of furan rings is 2. The minimum atomic E-state index is -0.792. The Morgan fingerprint density at radius 1 is 1.22 bits per heavy atom. The molecule has 0 bridgehead atoms. The molecule has 2 aromatic heterocycles. The van der Waals surface area contributed by atoms with E-state index in [1.54, 1.807) is 12.5 Å². The van der Waals surface area contributed by atoms with E-state index in [9.17, 15) is 9.90 Å². The van der Waals surface area contributed by atoms with Crippen molar-refractivity contribution in [2.45, 2.75) is 18.3 Å². The van der Waals surface area contributed by atoms with E-state index < -0.39 is 11.4 Å². The Morgan fingerprint density at radius 3 is 2.72 bits per heavy atom. The lowest BCUT2D eigenvalue weighted by Gasteiger charge is -2.11. The number of aliphatic carboxylic acids is 1. The lowest BCUT2D eigenvalue weighted by atomic mass is 9.91. The predicted molar refractivity (Wildman–Crippen MR) is 64.5 cm³/mol. The number of fused-ring (bicyclic) bond motifs is 2. The zero-order chi connectivity index (χ0) is 12.3. The molecule has 1 N–H and O–H groups in total. The van der Waals surface area contributed by atoms with Crippen LogP contribution in [0.15, 0.2) is 39.6 Å². The Kier molecular flexibility index (Phi) is 1.60. The van der Waals surface area contributed by atoms with Gasteiger partial charge in [0.05, 0.1) is 17.9 Å². The van der Waals surface area contributed by atoms with Crippen LogP contribution in [0.3, 0.4) is 0 Å². The molecule has 0 atom stereocenters. The maximum Gasteiger partial charge on any atom is 0.314 e. The molecule has 0 radical (unpaired) electrons. The van der Waals surface area contributed by atoms with E-state index in [1.807, 2.05) is 18.2 Å². The van der Waals surface area contributed by atoms with Crippen LogP contribution in [0.1, 0.15) is 18.4 Å². The number of rotatable bonds is 2. The third-order valence-corrected chi connectivity index (χ3v) is 3.81. The molecule has 4 heteroatoms. The van der Waals surface area contributed by atoms with Crippen molar-refractivity contribution in [1.29, 1.82) is 0 Å². The van der Waals surface area contributed by atoms with E-state index in [1.165, 1.54) is 0 Å². The fraction of sp³-hybridized carbons (Fsp3) is 0.214. The number of carboxylic acid groups (broad SMARTS) is 1. The van der Waals surface area contributed by atoms with Crippen molar-refractivity contribution >= 4 is 27.9 Å². The summed E-state index contributed by atoms with van der Waals surface area (Å²) in [5, 5.41) is 11.2. The minimum absolute atomic E-state index is 0.655. The van der Waals surface area contributed by atoms with Crippen molar-refractivity contribution < 1.29 is 18.7 Å². The first kappa shape index (κ1) is 9.76. The first-order valence-corrected chi connectivity index (χ1v) is 5.84. The van der Waals surface area contributed by atoms with E-state index in [0.29, 0.717) is 24.0 Å². The molecule has 0 amide bonds. The number of benzene rings is 1. The quantitative estimate of drug-likeness (QED) is 0.748. The lowest BCUT2D eigenvalue weighted by molar-refractivity contribution is -0.139. The van der Waals surface area contributed by atoms with E-state index in [2.05, 4.69) is 0 Å². The normalized spacial score (nSPS) is 17.3. The highest BCUT2D eigenvalue weighted by atomic mass is 16.4. The number of carbonyl (C=O) groups is 1. The van der Waals surface area contributed by atoms with E-state index in [-0.39, 0.29) is 0 Å². The molecule has 0 spiro atoms. The van der Waals surface area contributed by atoms with Crippen molar-refractivity contribution in [2.75, 3.05) is 0 Å². The molecule has 4 nitrogen and oxygen atoms in total. The second-order valence-electron chi connectivity index (χ2n) is 4.81. The summed E-state index contributed by atoms with van der Waals surface area (Å²) in [5.74, 6) is -0.783. The summed E-state index contributed by atoms with van der Waals surface area (Å²) in [6.07, 6.45) is 4.49. The van der Waals surface area contributed by atoms with Gasteiger partial charge in [-0.15, -0.1) is 0 Å². The number of carboxylic acids is 1. The van der Waals surface area contributed by atoms with E-state index in [0.717, 1.165) is 16.3 Å². The van der Waals surface area contributed by atoms with Crippen LogP contribution < -0.4 is 0 Å². The van der Waals surface area contributed by atoms with Crippen LogP contribution in [0, 0.1) is 0 Å². The third-order valence-electron chi connectivity index (χ3n) is 3.81. The van der Waals surface area contributed by atoms with Crippen molar-refractivity contribution in [3.63, 3.8) is 0 Å². The van der Waals surface area contributed by atoms with Gasteiger partial charge in [-0.25, -0.2) is 0 Å². The van der Waals surface area contributed by atoms with Gasteiger partial charge in [-0.3, -0.25) is 4.79 Å². The van der Waals surface area contributed by atoms with Crippen molar-refractivity contribution in [3.05, 3.63) is 36.3 Å². The molecule has 0 aliphatic heterocycles. The van der Waals surface area contributed by atoms with Crippen LogP contribution in [0.25, 0.3) is 21.9 Å². The van der Waals surface area contributed by atoms with Gasteiger partial charge in [-0.05, 0) is 31.0 Å². The molecular formula is C14H10O4. The fourth-order valence-corrected chi connectivity index (χ4v) is 2.71. The molecule has 1 aromatic carbocycles. The predicted octanol–water partition coefficient (Wildman–Crippen LogP) is 3.30. The summed E-state index contributed by atoms with van der Waals surface area (Å²) in [6, 6.07) is 5.53. The zero-order valence-corrected chi connectivity index (χ0v) is 9.47. The maximum absolute atomic E-state index is 11.5. The first-order chi connectivity index (χ1) is 8.72. The second-order valence-corrected chi connectivity index (χ2v) is 4.81. The average molecular weight is 242 g/mol. The smallest absolute Gasteiger partial charge is 0.314 e. The molecular weight excluding hydrogens is 232 g/mol. The summed E-state index contributed by atoms with van der Waals surface area (Å²) in [4.78, 5) is 11.5. The number of hydrogen-bond acceptors (Lipinski definition) is 3. The van der Waals surface area contributed by atoms with Crippen LogP contribution in [0.5, 0.6) is 0 Å². The summed E-state index contributed by atoms with van der Waals surface area (Å²) in [6.45, 7) is 0. The molecule has 0 saturated heterocycles. The summed E-state index contributed by atoms with van der Waals surface area (Å²) >= 11 is 0. The summed E-state index contributed by atoms with van der Waals surface area (Å²) in [7, 11) is 0. The van der Waals surface area contributed by atoms with Gasteiger partial charge in [0.1, 0.15) is 11.2 Å². The van der Waals surface area contributed by atoms with Crippen LogP contribution in [0.4, 0.5) is 0 Å². The highest BCUT2D eigenvalue weighted by Crippen LogP contribution is 2.53. The molecule has 0 unspecified atom stereocenters. The van der Waals surface area contributed by atoms with Gasteiger partial charge in [-0.2, -0.15) is 0 Å². The molecule has 3 aromatic rings. The van der Waals surface area contributed by atoms with Crippen LogP contribution >= 0.6 is 0 Å². The van der Waals surface area contributed by atoms with Gasteiger partial charge in [-0.1, -0.05) is 0 Å². The maximum atomic E-state index is 11.5. The van der Waals surface area contributed by atoms with Crippen LogP contribution in [-0.2, 0) is 10.2 Å². The summed E-state index contributed by atoms with van der Waals surface area (Å²) in [5.41, 5.74) is 1.36. The Hall–Kier alpha value is -2.23. The van der Waals surface area contributed by atoms with Crippen molar-refractivity contribution in [1.82, 2.24) is 0 Å². The lowest BCUT2D eigenvalue weighted by Crippen LogP contribution is -2.19. The van der Waals surface area contributed by atoms with E-state index in [4.69, 9.17) is 8.83 Å².